The van der Waals surface area contributed by atoms with Crippen LogP contribution in [0.4, 0.5) is 0 Å². The summed E-state index contributed by atoms with van der Waals surface area (Å²) in [6, 6.07) is 12.0. The number of amides is 1. The summed E-state index contributed by atoms with van der Waals surface area (Å²) >= 11 is 2.77. The highest BCUT2D eigenvalue weighted by Gasteiger charge is 2.16. The standard InChI is InChI=1S/C21H25N3O3S2/c1-4-14(2)22-18(25)13-28-21-23-19-16(20(26)24(21)10-11-27-3)12-17(29-19)15-8-6-5-7-9-15/h5-9,12,14H,4,10-11,13H2,1-3H3,(H,22,25)/t14-/m1/s1. The molecule has 0 aliphatic carbocycles. The number of hydrogen-bond acceptors (Lipinski definition) is 6. The fraction of sp³-hybridized carbons (Fsp3) is 0.381. The number of carbonyl (C=O) groups excluding carboxylic acids is 1. The maximum Gasteiger partial charge on any atom is 0.263 e. The summed E-state index contributed by atoms with van der Waals surface area (Å²) in [6.07, 6.45) is 0.872. The van der Waals surface area contributed by atoms with E-state index in [1.165, 1.54) is 23.1 Å². The number of carbonyl (C=O) groups is 1. The third kappa shape index (κ3) is 5.26. The molecule has 0 fully saturated rings. The van der Waals surface area contributed by atoms with Gasteiger partial charge < -0.3 is 10.1 Å². The quantitative estimate of drug-likeness (QED) is 0.412. The van der Waals surface area contributed by atoms with Gasteiger partial charge in [0.15, 0.2) is 5.16 Å². The van der Waals surface area contributed by atoms with Crippen LogP contribution in [0.25, 0.3) is 20.7 Å². The lowest BCUT2D eigenvalue weighted by molar-refractivity contribution is -0.119. The topological polar surface area (TPSA) is 73.2 Å². The van der Waals surface area contributed by atoms with E-state index in [2.05, 4.69) is 5.32 Å². The van der Waals surface area contributed by atoms with E-state index in [9.17, 15) is 9.59 Å². The van der Waals surface area contributed by atoms with Gasteiger partial charge in [-0.05, 0) is 25.0 Å². The molecule has 8 heteroatoms. The van der Waals surface area contributed by atoms with Gasteiger partial charge in [0.2, 0.25) is 5.91 Å². The zero-order valence-electron chi connectivity index (χ0n) is 16.8. The molecule has 2 aromatic heterocycles. The van der Waals surface area contributed by atoms with Crippen molar-refractivity contribution in [2.24, 2.45) is 0 Å². The van der Waals surface area contributed by atoms with Crippen molar-refractivity contribution in [3.05, 3.63) is 46.8 Å². The highest BCUT2D eigenvalue weighted by Crippen LogP contribution is 2.32. The van der Waals surface area contributed by atoms with E-state index in [0.29, 0.717) is 28.5 Å². The van der Waals surface area contributed by atoms with Gasteiger partial charge in [-0.3, -0.25) is 14.2 Å². The largest absolute Gasteiger partial charge is 0.383 e. The third-order valence-electron chi connectivity index (χ3n) is 4.55. The van der Waals surface area contributed by atoms with E-state index in [1.54, 1.807) is 11.7 Å². The second kappa shape index (κ2) is 10.0. The lowest BCUT2D eigenvalue weighted by Gasteiger charge is -2.13. The van der Waals surface area contributed by atoms with Crippen LogP contribution >= 0.6 is 23.1 Å². The molecule has 1 amide bonds. The molecule has 1 aromatic carbocycles. The number of benzene rings is 1. The normalized spacial score (nSPS) is 12.2. The van der Waals surface area contributed by atoms with E-state index < -0.39 is 0 Å². The molecule has 0 radical (unpaired) electrons. The SMILES string of the molecule is CC[C@@H](C)NC(=O)CSc1nc2sc(-c3ccccc3)cc2c(=O)n1CCOC. The summed E-state index contributed by atoms with van der Waals surface area (Å²) in [7, 11) is 1.60. The Morgan fingerprint density at radius 1 is 1.34 bits per heavy atom. The number of aromatic nitrogens is 2. The molecule has 29 heavy (non-hydrogen) atoms. The highest BCUT2D eigenvalue weighted by atomic mass is 32.2. The Morgan fingerprint density at radius 2 is 2.10 bits per heavy atom. The Bertz CT molecular complexity index is 1030. The minimum Gasteiger partial charge on any atom is -0.383 e. The van der Waals surface area contributed by atoms with Crippen LogP contribution in [0.1, 0.15) is 20.3 Å². The number of hydrogen-bond donors (Lipinski definition) is 1. The number of fused-ring (bicyclic) bond motifs is 1. The molecular weight excluding hydrogens is 406 g/mol. The van der Waals surface area contributed by atoms with Crippen LogP contribution in [0.2, 0.25) is 0 Å². The van der Waals surface area contributed by atoms with Crippen LogP contribution in [-0.2, 0) is 16.1 Å². The second-order valence-electron chi connectivity index (χ2n) is 6.70. The third-order valence-corrected chi connectivity index (χ3v) is 6.60. The van der Waals surface area contributed by atoms with Gasteiger partial charge in [0.25, 0.3) is 5.56 Å². The van der Waals surface area contributed by atoms with E-state index in [-0.39, 0.29) is 23.3 Å². The summed E-state index contributed by atoms with van der Waals surface area (Å²) in [5.41, 5.74) is 0.954. The fourth-order valence-electron chi connectivity index (χ4n) is 2.78. The molecule has 0 saturated carbocycles. The van der Waals surface area contributed by atoms with Crippen LogP contribution in [0.3, 0.4) is 0 Å². The van der Waals surface area contributed by atoms with Crippen molar-refractivity contribution in [1.29, 1.82) is 0 Å². The Kier molecular flexibility index (Phi) is 7.46. The molecule has 3 rings (SSSR count). The van der Waals surface area contributed by atoms with Crippen molar-refractivity contribution < 1.29 is 9.53 Å². The molecule has 0 aliphatic rings. The van der Waals surface area contributed by atoms with E-state index in [1.807, 2.05) is 50.2 Å². The minimum atomic E-state index is -0.102. The van der Waals surface area contributed by atoms with Gasteiger partial charge in [-0.1, -0.05) is 49.0 Å². The van der Waals surface area contributed by atoms with Gasteiger partial charge in [-0.15, -0.1) is 11.3 Å². The summed E-state index contributed by atoms with van der Waals surface area (Å²) in [4.78, 5) is 31.7. The zero-order chi connectivity index (χ0) is 20.8. The molecule has 0 bridgehead atoms. The van der Waals surface area contributed by atoms with E-state index in [0.717, 1.165) is 16.9 Å². The molecule has 0 aliphatic heterocycles. The van der Waals surface area contributed by atoms with Crippen molar-refractivity contribution in [3.8, 4) is 10.4 Å². The minimum absolute atomic E-state index is 0.0619. The average molecular weight is 432 g/mol. The number of thiophene rings is 1. The van der Waals surface area contributed by atoms with Crippen molar-refractivity contribution in [3.63, 3.8) is 0 Å². The summed E-state index contributed by atoms with van der Waals surface area (Å²) in [6.45, 7) is 4.79. The van der Waals surface area contributed by atoms with E-state index in [4.69, 9.17) is 9.72 Å². The molecular formula is C21H25N3O3S2. The van der Waals surface area contributed by atoms with Crippen LogP contribution in [0, 0.1) is 0 Å². The van der Waals surface area contributed by atoms with Gasteiger partial charge in [0.05, 0.1) is 24.3 Å². The second-order valence-corrected chi connectivity index (χ2v) is 8.68. The van der Waals surface area contributed by atoms with Crippen LogP contribution in [0.15, 0.2) is 46.3 Å². The molecule has 2 heterocycles. The first kappa shape index (κ1) is 21.5. The number of thioether (sulfide) groups is 1. The number of ether oxygens (including phenoxy) is 1. The number of rotatable bonds is 9. The maximum atomic E-state index is 13.1. The van der Waals surface area contributed by atoms with Crippen LogP contribution in [0.5, 0.6) is 0 Å². The molecule has 0 unspecified atom stereocenters. The molecule has 1 atom stereocenters. The molecule has 1 N–H and O–H groups in total. The lowest BCUT2D eigenvalue weighted by atomic mass is 10.2. The summed E-state index contributed by atoms with van der Waals surface area (Å²) in [5.74, 6) is 0.153. The predicted octanol–water partition coefficient (Wildman–Crippen LogP) is 3.78. The monoisotopic (exact) mass is 431 g/mol. The van der Waals surface area contributed by atoms with Crippen molar-refractivity contribution in [1.82, 2.24) is 14.9 Å². The average Bonchev–Trinajstić information content (AvgIpc) is 3.17. The van der Waals surface area contributed by atoms with Gasteiger partial charge in [0, 0.05) is 18.0 Å². The molecule has 6 nitrogen and oxygen atoms in total. The lowest BCUT2D eigenvalue weighted by Crippen LogP contribution is -2.33. The summed E-state index contributed by atoms with van der Waals surface area (Å²) in [5, 5.41) is 4.08. The smallest absolute Gasteiger partial charge is 0.263 e. The Balaban J connectivity index is 1.94. The fourth-order valence-corrected chi connectivity index (χ4v) is 4.69. The summed E-state index contributed by atoms with van der Waals surface area (Å²) < 4.78 is 6.77. The van der Waals surface area contributed by atoms with Crippen LogP contribution in [-0.4, -0.2) is 41.0 Å². The molecule has 3 aromatic rings. The first-order valence-corrected chi connectivity index (χ1v) is 11.3. The van der Waals surface area contributed by atoms with Crippen molar-refractivity contribution in [2.45, 2.75) is 38.0 Å². The number of nitrogens with zero attached hydrogens (tertiary/aromatic N) is 2. The molecule has 0 spiro atoms. The van der Waals surface area contributed by atoms with Crippen molar-refractivity contribution >= 4 is 39.2 Å². The first-order valence-electron chi connectivity index (χ1n) is 9.54. The van der Waals surface area contributed by atoms with Crippen LogP contribution < -0.4 is 10.9 Å². The predicted molar refractivity (Wildman–Crippen MR) is 120 cm³/mol. The van der Waals surface area contributed by atoms with Crippen molar-refractivity contribution in [2.75, 3.05) is 19.5 Å². The number of methoxy groups -OCH3 is 1. The zero-order valence-corrected chi connectivity index (χ0v) is 18.4. The van der Waals surface area contributed by atoms with Gasteiger partial charge >= 0.3 is 0 Å². The maximum absolute atomic E-state index is 13.1. The van der Waals surface area contributed by atoms with Gasteiger partial charge in [-0.25, -0.2) is 4.98 Å². The Labute approximate surface area is 178 Å². The van der Waals surface area contributed by atoms with E-state index >= 15 is 0 Å². The highest BCUT2D eigenvalue weighted by molar-refractivity contribution is 7.99. The Morgan fingerprint density at radius 3 is 2.79 bits per heavy atom. The molecule has 154 valence electrons. The Hall–Kier alpha value is -2.16. The first-order chi connectivity index (χ1) is 14.0. The number of nitrogens with one attached hydrogen (secondary N) is 1. The molecule has 0 saturated heterocycles. The van der Waals surface area contributed by atoms with Gasteiger partial charge in [0.1, 0.15) is 4.83 Å². The van der Waals surface area contributed by atoms with Gasteiger partial charge in [-0.2, -0.15) is 0 Å².